The van der Waals surface area contributed by atoms with Gasteiger partial charge >= 0.3 is 0 Å². The molecule has 0 amide bonds. The SMILES string of the molecule is OC(c1cc2cc(F)ccc2o1)c1ncc(Cl)s1. The molecule has 0 aliphatic rings. The number of benzene rings is 1. The topological polar surface area (TPSA) is 46.3 Å². The predicted molar refractivity (Wildman–Crippen MR) is 67.4 cm³/mol. The third kappa shape index (κ3) is 2.01. The van der Waals surface area contributed by atoms with E-state index in [-0.39, 0.29) is 5.82 Å². The summed E-state index contributed by atoms with van der Waals surface area (Å²) in [6.07, 6.45) is 0.477. The van der Waals surface area contributed by atoms with Crippen molar-refractivity contribution in [2.45, 2.75) is 6.10 Å². The van der Waals surface area contributed by atoms with E-state index in [4.69, 9.17) is 16.0 Å². The van der Waals surface area contributed by atoms with Crippen LogP contribution >= 0.6 is 22.9 Å². The molecule has 2 heterocycles. The number of hydrogen-bond donors (Lipinski definition) is 1. The van der Waals surface area contributed by atoms with Gasteiger partial charge in [-0.1, -0.05) is 11.6 Å². The minimum absolute atomic E-state index is 0.321. The lowest BCUT2D eigenvalue weighted by atomic mass is 10.2. The lowest BCUT2D eigenvalue weighted by molar-refractivity contribution is 0.192. The molecule has 1 unspecified atom stereocenters. The van der Waals surface area contributed by atoms with Crippen molar-refractivity contribution < 1.29 is 13.9 Å². The second-order valence-electron chi connectivity index (χ2n) is 3.74. The Kier molecular flexibility index (Phi) is 2.81. The van der Waals surface area contributed by atoms with E-state index in [9.17, 15) is 9.50 Å². The molecule has 1 N–H and O–H groups in total. The first-order chi connectivity index (χ1) is 8.63. The normalized spacial score (nSPS) is 13.1. The van der Waals surface area contributed by atoms with Gasteiger partial charge in [0, 0.05) is 5.39 Å². The first kappa shape index (κ1) is 11.6. The molecule has 92 valence electrons. The number of aliphatic hydroxyl groups excluding tert-OH is 1. The van der Waals surface area contributed by atoms with E-state index < -0.39 is 6.10 Å². The average molecular weight is 284 g/mol. The van der Waals surface area contributed by atoms with E-state index in [2.05, 4.69) is 4.98 Å². The Morgan fingerprint density at radius 1 is 1.39 bits per heavy atom. The zero-order chi connectivity index (χ0) is 12.7. The van der Waals surface area contributed by atoms with Crippen molar-refractivity contribution in [2.75, 3.05) is 0 Å². The molecule has 0 saturated carbocycles. The van der Waals surface area contributed by atoms with Gasteiger partial charge < -0.3 is 9.52 Å². The molecule has 1 aromatic carbocycles. The van der Waals surface area contributed by atoms with Gasteiger partial charge in [-0.05, 0) is 24.3 Å². The fourth-order valence-corrected chi connectivity index (χ4v) is 2.61. The summed E-state index contributed by atoms with van der Waals surface area (Å²) < 4.78 is 19.0. The van der Waals surface area contributed by atoms with Crippen molar-refractivity contribution in [3.05, 3.63) is 51.4 Å². The Morgan fingerprint density at radius 3 is 2.94 bits per heavy atom. The van der Waals surface area contributed by atoms with Crippen molar-refractivity contribution in [3.8, 4) is 0 Å². The lowest BCUT2D eigenvalue weighted by Crippen LogP contribution is -1.96. The maximum atomic E-state index is 13.0. The summed E-state index contributed by atoms with van der Waals surface area (Å²) in [7, 11) is 0. The van der Waals surface area contributed by atoms with Crippen LogP contribution in [0.3, 0.4) is 0 Å². The average Bonchev–Trinajstić information content (AvgIpc) is 2.93. The van der Waals surface area contributed by atoms with Crippen molar-refractivity contribution >= 4 is 33.9 Å². The third-order valence-electron chi connectivity index (χ3n) is 2.50. The molecule has 18 heavy (non-hydrogen) atoms. The molecule has 0 aliphatic carbocycles. The Morgan fingerprint density at radius 2 is 2.22 bits per heavy atom. The van der Waals surface area contributed by atoms with Crippen LogP contribution in [0.2, 0.25) is 4.34 Å². The number of fused-ring (bicyclic) bond motifs is 1. The third-order valence-corrected chi connectivity index (χ3v) is 3.66. The maximum absolute atomic E-state index is 13.0. The molecule has 3 rings (SSSR count). The number of aliphatic hydroxyl groups is 1. The lowest BCUT2D eigenvalue weighted by Gasteiger charge is -2.01. The van der Waals surface area contributed by atoms with Crippen LogP contribution in [0, 0.1) is 5.82 Å². The summed E-state index contributed by atoms with van der Waals surface area (Å²) >= 11 is 6.93. The van der Waals surface area contributed by atoms with Gasteiger partial charge in [-0.15, -0.1) is 11.3 Å². The molecule has 0 saturated heterocycles. The number of hydrogen-bond acceptors (Lipinski definition) is 4. The number of nitrogens with zero attached hydrogens (tertiary/aromatic N) is 1. The van der Waals surface area contributed by atoms with Crippen molar-refractivity contribution in [1.29, 1.82) is 0 Å². The van der Waals surface area contributed by atoms with Gasteiger partial charge in [0.15, 0.2) is 6.10 Å². The number of thiazole rings is 1. The van der Waals surface area contributed by atoms with Crippen LogP contribution in [-0.4, -0.2) is 10.1 Å². The van der Waals surface area contributed by atoms with E-state index >= 15 is 0 Å². The van der Waals surface area contributed by atoms with Gasteiger partial charge in [-0.2, -0.15) is 0 Å². The van der Waals surface area contributed by atoms with E-state index in [0.717, 1.165) is 0 Å². The van der Waals surface area contributed by atoms with E-state index in [1.807, 2.05) is 0 Å². The van der Waals surface area contributed by atoms with Gasteiger partial charge in [-0.3, -0.25) is 0 Å². The first-order valence-electron chi connectivity index (χ1n) is 5.12. The summed E-state index contributed by atoms with van der Waals surface area (Å²) in [5.74, 6) is -0.0248. The van der Waals surface area contributed by atoms with Crippen LogP contribution in [0.4, 0.5) is 4.39 Å². The molecule has 0 spiro atoms. The predicted octanol–water partition coefficient (Wildman–Crippen LogP) is 3.76. The highest BCUT2D eigenvalue weighted by atomic mass is 35.5. The zero-order valence-electron chi connectivity index (χ0n) is 8.93. The monoisotopic (exact) mass is 283 g/mol. The Hall–Kier alpha value is -1.43. The van der Waals surface area contributed by atoms with Crippen molar-refractivity contribution in [3.63, 3.8) is 0 Å². The fourth-order valence-electron chi connectivity index (χ4n) is 1.68. The van der Waals surface area contributed by atoms with Crippen LogP contribution < -0.4 is 0 Å². The highest BCUT2D eigenvalue weighted by molar-refractivity contribution is 7.15. The van der Waals surface area contributed by atoms with Gasteiger partial charge in [0.05, 0.1) is 6.20 Å². The van der Waals surface area contributed by atoms with Gasteiger partial charge in [-0.25, -0.2) is 9.37 Å². The first-order valence-corrected chi connectivity index (χ1v) is 6.31. The fraction of sp³-hybridized carbons (Fsp3) is 0.0833. The summed E-state index contributed by atoms with van der Waals surface area (Å²) in [4.78, 5) is 3.98. The number of rotatable bonds is 2. The largest absolute Gasteiger partial charge is 0.458 e. The second kappa shape index (κ2) is 4.35. The molecular formula is C12H7ClFNO2S. The van der Waals surface area contributed by atoms with E-state index in [1.54, 1.807) is 6.07 Å². The quantitative estimate of drug-likeness (QED) is 0.779. The number of halogens is 2. The number of furan rings is 1. The molecular weight excluding hydrogens is 277 g/mol. The van der Waals surface area contributed by atoms with Crippen molar-refractivity contribution in [1.82, 2.24) is 4.98 Å². The second-order valence-corrected chi connectivity index (χ2v) is 5.43. The van der Waals surface area contributed by atoms with E-state index in [0.29, 0.717) is 26.1 Å². The maximum Gasteiger partial charge on any atom is 0.163 e. The standard InChI is InChI=1S/C12H7ClFNO2S/c13-10-5-15-12(18-10)11(16)9-4-6-3-7(14)1-2-8(6)17-9/h1-5,11,16H. The molecule has 2 aromatic heterocycles. The summed E-state index contributed by atoms with van der Waals surface area (Å²) in [6.45, 7) is 0. The van der Waals surface area contributed by atoms with Crippen molar-refractivity contribution in [2.24, 2.45) is 0 Å². The van der Waals surface area contributed by atoms with Gasteiger partial charge in [0.25, 0.3) is 0 Å². The zero-order valence-corrected chi connectivity index (χ0v) is 10.5. The molecule has 0 bridgehead atoms. The van der Waals surface area contributed by atoms with Crippen LogP contribution in [-0.2, 0) is 0 Å². The Balaban J connectivity index is 2.03. The Labute approximate surface area is 110 Å². The molecule has 6 heteroatoms. The molecule has 0 radical (unpaired) electrons. The smallest absolute Gasteiger partial charge is 0.163 e. The minimum Gasteiger partial charge on any atom is -0.458 e. The molecule has 0 aliphatic heterocycles. The van der Waals surface area contributed by atoms with Gasteiger partial charge in [0.2, 0.25) is 0 Å². The summed E-state index contributed by atoms with van der Waals surface area (Å²) in [6, 6.07) is 5.78. The molecule has 3 aromatic rings. The summed E-state index contributed by atoms with van der Waals surface area (Å²) in [5, 5.41) is 11.1. The molecule has 3 nitrogen and oxygen atoms in total. The molecule has 0 fully saturated rings. The van der Waals surface area contributed by atoms with Crippen LogP contribution in [0.1, 0.15) is 16.9 Å². The van der Waals surface area contributed by atoms with E-state index in [1.165, 1.54) is 35.7 Å². The highest BCUT2D eigenvalue weighted by Crippen LogP contribution is 2.31. The van der Waals surface area contributed by atoms with Crippen LogP contribution in [0.15, 0.2) is 34.9 Å². The Bertz CT molecular complexity index is 709. The highest BCUT2D eigenvalue weighted by Gasteiger charge is 2.19. The molecule has 1 atom stereocenters. The number of aromatic nitrogens is 1. The summed E-state index contributed by atoms with van der Waals surface area (Å²) in [5.41, 5.74) is 0.521. The van der Waals surface area contributed by atoms with Crippen LogP contribution in [0.25, 0.3) is 11.0 Å². The van der Waals surface area contributed by atoms with Gasteiger partial charge in [0.1, 0.15) is 26.5 Å². The minimum atomic E-state index is -0.988. The van der Waals surface area contributed by atoms with Crippen LogP contribution in [0.5, 0.6) is 0 Å².